The predicted octanol–water partition coefficient (Wildman–Crippen LogP) is 0.474. The van der Waals surface area contributed by atoms with Crippen molar-refractivity contribution in [2.75, 3.05) is 0 Å². The molecule has 0 bridgehead atoms. The molecule has 0 aliphatic carbocycles. The van der Waals surface area contributed by atoms with Crippen molar-refractivity contribution in [1.82, 2.24) is 9.55 Å². The summed E-state index contributed by atoms with van der Waals surface area (Å²) in [5, 5.41) is 0. The molecular weight excluding hydrogens is 210 g/mol. The summed E-state index contributed by atoms with van der Waals surface area (Å²) in [5.41, 5.74) is -0.227. The highest BCUT2D eigenvalue weighted by Crippen LogP contribution is 1.95. The molecule has 0 spiro atoms. The minimum atomic E-state index is -0.384. The van der Waals surface area contributed by atoms with Gasteiger partial charge in [-0.2, -0.15) is 0 Å². The lowest BCUT2D eigenvalue weighted by atomic mass is 9.93. The Bertz CT molecular complexity index is 418. The van der Waals surface area contributed by atoms with Crippen LogP contribution in [0.25, 0.3) is 0 Å². The second kappa shape index (κ2) is 5.92. The fourth-order valence-electron chi connectivity index (χ4n) is 1.13. The molecule has 7 heteroatoms. The van der Waals surface area contributed by atoms with Crippen LogP contribution in [0.5, 0.6) is 0 Å². The van der Waals surface area contributed by atoms with E-state index in [0.29, 0.717) is 17.6 Å². The number of aromatic amines is 1. The zero-order chi connectivity index (χ0) is 11.3. The molecule has 0 fully saturated rings. The highest BCUT2D eigenvalue weighted by Gasteiger charge is 2.02. The molecule has 4 nitrogen and oxygen atoms in total. The van der Waals surface area contributed by atoms with Crippen molar-refractivity contribution in [2.45, 2.75) is 25.8 Å². The average Bonchev–Trinajstić information content (AvgIpc) is 2.17. The average molecular weight is 221 g/mol. The number of aryl methyl sites for hydroxylation is 1. The number of nitrogens with one attached hydrogen (secondary N) is 1. The van der Waals surface area contributed by atoms with Crippen LogP contribution in [0.2, 0.25) is 6.82 Å². The Morgan fingerprint density at radius 2 is 2.53 bits per heavy atom. The van der Waals surface area contributed by atoms with Crippen molar-refractivity contribution >= 4 is 27.5 Å². The van der Waals surface area contributed by atoms with Crippen molar-refractivity contribution in [3.05, 3.63) is 27.4 Å². The van der Waals surface area contributed by atoms with Crippen molar-refractivity contribution in [3.63, 3.8) is 0 Å². The molecule has 0 aliphatic rings. The van der Waals surface area contributed by atoms with Crippen LogP contribution in [0.15, 0.2) is 17.1 Å². The molecule has 0 aliphatic heterocycles. The molecule has 0 aromatic carbocycles. The number of nitrogens with zero attached hydrogens (tertiary/aromatic N) is 1. The minimum Gasteiger partial charge on any atom is -0.446 e. The molecule has 1 aromatic rings. The Morgan fingerprint density at radius 1 is 1.80 bits per heavy atom. The molecule has 1 atom stereocenters. The van der Waals surface area contributed by atoms with E-state index >= 15 is 0 Å². The topological polar surface area (TPSA) is 47.0 Å². The van der Waals surface area contributed by atoms with Crippen LogP contribution in [0, 0.1) is 4.64 Å². The van der Waals surface area contributed by atoms with Gasteiger partial charge in [0.05, 0.1) is 0 Å². The Balaban J connectivity index is 2.58. The van der Waals surface area contributed by atoms with E-state index in [2.05, 4.69) is 4.98 Å². The molecule has 1 aromatic heterocycles. The molecule has 0 amide bonds. The zero-order valence-corrected chi connectivity index (χ0v) is 9.29. The Morgan fingerprint density at radius 3 is 3.13 bits per heavy atom. The van der Waals surface area contributed by atoms with Crippen molar-refractivity contribution in [1.29, 1.82) is 0 Å². The van der Waals surface area contributed by atoms with Crippen LogP contribution in [-0.4, -0.2) is 30.9 Å². The summed E-state index contributed by atoms with van der Waals surface area (Å²) < 4.78 is 6.97. The number of hydrogen-bond acceptors (Lipinski definition) is 3. The summed E-state index contributed by atoms with van der Waals surface area (Å²) in [6.07, 6.45) is 2.21. The van der Waals surface area contributed by atoms with E-state index in [4.69, 9.17) is 24.7 Å². The summed E-state index contributed by atoms with van der Waals surface area (Å²) in [6, 6.07) is 1.28. The third-order valence-electron chi connectivity index (χ3n) is 1.86. The van der Waals surface area contributed by atoms with E-state index in [9.17, 15) is 4.79 Å². The lowest BCUT2D eigenvalue weighted by Crippen LogP contribution is -2.25. The summed E-state index contributed by atoms with van der Waals surface area (Å²) in [5.74, 6) is 0. The van der Waals surface area contributed by atoms with E-state index in [1.165, 1.54) is 12.0 Å². The Kier molecular flexibility index (Phi) is 4.84. The first-order valence-corrected chi connectivity index (χ1v) is 5.03. The van der Waals surface area contributed by atoms with Gasteiger partial charge >= 0.3 is 5.69 Å². The third kappa shape index (κ3) is 4.05. The number of aromatic nitrogens is 2. The van der Waals surface area contributed by atoms with Crippen LogP contribution < -0.4 is 5.69 Å². The van der Waals surface area contributed by atoms with Crippen LogP contribution in [0.4, 0.5) is 0 Å². The summed E-state index contributed by atoms with van der Waals surface area (Å²) in [6.45, 7) is 2.26. The largest absolute Gasteiger partial charge is 0.446 e. The Hall–Kier alpha value is -0.810. The molecule has 1 rings (SSSR count). The second-order valence-electron chi connectivity index (χ2n) is 3.00. The fraction of sp³-hybridized carbons (Fsp3) is 0.500. The monoisotopic (exact) mass is 221 g/mol. The standard InChI is InChI=1S/C8H11B2N2O2S/c1-10-14-6(9)2-4-12-5-3-7(15)11-8(12)13/h3,5-6H,2,4H2,1H3,(H,11,13,15)/t6-/m0/s1. The van der Waals surface area contributed by atoms with Gasteiger partial charge in [0.1, 0.15) is 12.5 Å². The number of rotatable bonds is 5. The molecule has 1 N–H and O–H groups in total. The van der Waals surface area contributed by atoms with Crippen molar-refractivity contribution in [3.8, 4) is 0 Å². The van der Waals surface area contributed by atoms with Gasteiger partial charge < -0.3 is 9.22 Å². The lowest BCUT2D eigenvalue weighted by Gasteiger charge is -2.12. The molecule has 0 saturated heterocycles. The van der Waals surface area contributed by atoms with E-state index in [1.54, 1.807) is 19.1 Å². The summed E-state index contributed by atoms with van der Waals surface area (Å²) >= 11 is 4.81. The third-order valence-corrected chi connectivity index (χ3v) is 2.10. The second-order valence-corrected chi connectivity index (χ2v) is 3.44. The molecule has 0 unspecified atom stereocenters. The van der Waals surface area contributed by atoms with Crippen LogP contribution in [0.3, 0.4) is 0 Å². The van der Waals surface area contributed by atoms with Crippen LogP contribution >= 0.6 is 12.2 Å². The van der Waals surface area contributed by atoms with Crippen molar-refractivity contribution < 1.29 is 4.65 Å². The molecule has 1 heterocycles. The summed E-state index contributed by atoms with van der Waals surface area (Å²) in [7, 11) is 7.15. The van der Waals surface area contributed by atoms with Gasteiger partial charge in [-0.3, -0.25) is 4.98 Å². The van der Waals surface area contributed by atoms with Gasteiger partial charge in [0, 0.05) is 18.7 Å². The predicted molar refractivity (Wildman–Crippen MR) is 62.7 cm³/mol. The van der Waals surface area contributed by atoms with Gasteiger partial charge in [-0.25, -0.2) is 4.79 Å². The Labute approximate surface area is 95.3 Å². The quantitative estimate of drug-likeness (QED) is 0.580. The molecule has 77 valence electrons. The van der Waals surface area contributed by atoms with E-state index in [0.717, 1.165) is 0 Å². The fourth-order valence-corrected chi connectivity index (χ4v) is 1.28. The SMILES string of the molecule is [B][C@H](CCn1ccc(=S)[nH]c1=O)O[B]C. The van der Waals surface area contributed by atoms with Gasteiger partial charge in [-0.1, -0.05) is 19.0 Å². The summed E-state index contributed by atoms with van der Waals surface area (Å²) in [4.78, 5) is 13.9. The highest BCUT2D eigenvalue weighted by molar-refractivity contribution is 7.71. The lowest BCUT2D eigenvalue weighted by molar-refractivity contribution is 0.276. The van der Waals surface area contributed by atoms with Gasteiger partial charge in [-0.15, -0.1) is 0 Å². The molecule has 15 heavy (non-hydrogen) atoms. The zero-order valence-electron chi connectivity index (χ0n) is 8.47. The first-order valence-electron chi connectivity index (χ1n) is 4.62. The first-order chi connectivity index (χ1) is 7.13. The number of H-pyrrole nitrogens is 1. The maximum absolute atomic E-state index is 11.4. The highest BCUT2D eigenvalue weighted by atomic mass is 32.1. The van der Waals surface area contributed by atoms with Crippen LogP contribution in [0.1, 0.15) is 6.42 Å². The molecule has 3 radical (unpaired) electrons. The normalized spacial score (nSPS) is 12.3. The van der Waals surface area contributed by atoms with Crippen molar-refractivity contribution in [2.24, 2.45) is 0 Å². The van der Waals surface area contributed by atoms with E-state index in [-0.39, 0.29) is 11.7 Å². The maximum Gasteiger partial charge on any atom is 0.326 e. The van der Waals surface area contributed by atoms with Gasteiger partial charge in [-0.05, 0) is 12.5 Å². The number of hydrogen-bond donors (Lipinski definition) is 1. The first kappa shape index (κ1) is 12.3. The van der Waals surface area contributed by atoms with Crippen LogP contribution in [-0.2, 0) is 11.2 Å². The maximum atomic E-state index is 11.4. The van der Waals surface area contributed by atoms with E-state index < -0.39 is 0 Å². The van der Waals surface area contributed by atoms with Gasteiger partial charge in [0.2, 0.25) is 0 Å². The smallest absolute Gasteiger partial charge is 0.326 e. The van der Waals surface area contributed by atoms with Gasteiger partial charge in [0.25, 0.3) is 7.48 Å². The molecule has 0 saturated carbocycles. The minimum absolute atomic E-state index is 0.227. The van der Waals surface area contributed by atoms with Gasteiger partial charge in [0.15, 0.2) is 0 Å². The molecular formula is C8H11B2N2O2S. The van der Waals surface area contributed by atoms with E-state index in [1.807, 2.05) is 0 Å².